The van der Waals surface area contributed by atoms with Crippen molar-refractivity contribution < 1.29 is 13.9 Å². The van der Waals surface area contributed by atoms with E-state index < -0.39 is 5.63 Å². The molecule has 1 aromatic heterocycles. The van der Waals surface area contributed by atoms with Gasteiger partial charge in [-0.05, 0) is 18.2 Å². The molecule has 0 saturated carbocycles. The zero-order chi connectivity index (χ0) is 13.3. The van der Waals surface area contributed by atoms with Gasteiger partial charge in [0.05, 0.1) is 7.11 Å². The largest absolute Gasteiger partial charge is 0.493 e. The van der Waals surface area contributed by atoms with E-state index in [4.69, 9.17) is 9.15 Å². The van der Waals surface area contributed by atoms with Crippen molar-refractivity contribution >= 4 is 38.5 Å². The van der Waals surface area contributed by atoms with E-state index in [-0.39, 0.29) is 11.6 Å². The molecule has 94 valence electrons. The van der Waals surface area contributed by atoms with Crippen LogP contribution in [-0.4, -0.2) is 13.0 Å². The second kappa shape index (κ2) is 4.81. The van der Waals surface area contributed by atoms with Gasteiger partial charge >= 0.3 is 5.63 Å². The summed E-state index contributed by atoms with van der Waals surface area (Å²) >= 11 is 3.35. The molecule has 6 heteroatoms. The van der Waals surface area contributed by atoms with E-state index >= 15 is 0 Å². The number of halogens is 1. The maximum absolute atomic E-state index is 11.7. The summed E-state index contributed by atoms with van der Waals surface area (Å²) in [5, 5.41) is 3.07. The summed E-state index contributed by atoms with van der Waals surface area (Å²) < 4.78 is 11.0. The van der Waals surface area contributed by atoms with Crippen molar-refractivity contribution in [3.63, 3.8) is 0 Å². The summed E-state index contributed by atoms with van der Waals surface area (Å²) in [4.78, 5) is 22.7. The van der Waals surface area contributed by atoms with Crippen LogP contribution in [0, 0.1) is 0 Å². The number of benzene rings is 1. The second-order valence-electron chi connectivity index (χ2n) is 3.62. The van der Waals surface area contributed by atoms with E-state index in [2.05, 4.69) is 21.2 Å². The van der Waals surface area contributed by atoms with Crippen LogP contribution in [-0.2, 0) is 4.79 Å². The van der Waals surface area contributed by atoms with Crippen LogP contribution in [0.5, 0.6) is 5.75 Å². The highest BCUT2D eigenvalue weighted by molar-refractivity contribution is 9.10. The number of rotatable bonds is 2. The number of ether oxygens (including phenoxy) is 1. The molecule has 0 radical (unpaired) electrons. The van der Waals surface area contributed by atoms with Crippen molar-refractivity contribution in [1.82, 2.24) is 0 Å². The average Bonchev–Trinajstić information content (AvgIpc) is 2.31. The molecule has 0 saturated heterocycles. The predicted molar refractivity (Wildman–Crippen MR) is 71.0 cm³/mol. The van der Waals surface area contributed by atoms with Crippen LogP contribution in [0.1, 0.15) is 6.92 Å². The van der Waals surface area contributed by atoms with Crippen LogP contribution in [0.3, 0.4) is 0 Å². The Kier molecular flexibility index (Phi) is 3.38. The number of nitrogens with one attached hydrogen (secondary N) is 1. The summed E-state index contributed by atoms with van der Waals surface area (Å²) in [6.45, 7) is 1.32. The van der Waals surface area contributed by atoms with Gasteiger partial charge in [0.15, 0.2) is 11.3 Å². The third-order valence-electron chi connectivity index (χ3n) is 2.34. The Hall–Kier alpha value is -1.82. The lowest BCUT2D eigenvalue weighted by molar-refractivity contribution is -0.114. The van der Waals surface area contributed by atoms with Crippen molar-refractivity contribution in [3.05, 3.63) is 33.1 Å². The molecule has 5 nitrogen and oxygen atoms in total. The Morgan fingerprint density at radius 1 is 1.44 bits per heavy atom. The summed E-state index contributed by atoms with van der Waals surface area (Å²) in [6, 6.07) is 5.02. The first-order valence-electron chi connectivity index (χ1n) is 5.11. The second-order valence-corrected chi connectivity index (χ2v) is 4.48. The van der Waals surface area contributed by atoms with Crippen LogP contribution in [0.15, 0.2) is 31.9 Å². The fourth-order valence-corrected chi connectivity index (χ4v) is 2.01. The molecule has 0 bridgehead atoms. The molecule has 2 rings (SSSR count). The molecule has 0 fully saturated rings. The van der Waals surface area contributed by atoms with Gasteiger partial charge in [-0.15, -0.1) is 0 Å². The lowest BCUT2D eigenvalue weighted by atomic mass is 10.2. The minimum Gasteiger partial charge on any atom is -0.493 e. The van der Waals surface area contributed by atoms with E-state index in [1.165, 1.54) is 14.0 Å². The zero-order valence-corrected chi connectivity index (χ0v) is 11.3. The SMILES string of the molecule is COc1ccc(Br)c2cc(NC(C)=O)c(=O)oc12. The standard InChI is InChI=1S/C12H10BrNO4/c1-6(15)14-9-5-7-8(13)3-4-10(17-2)11(7)18-12(9)16/h3-5H,1-2H3,(H,14,15). The van der Waals surface area contributed by atoms with Crippen molar-refractivity contribution in [2.75, 3.05) is 12.4 Å². The first kappa shape index (κ1) is 12.6. The molecule has 1 heterocycles. The molecule has 0 unspecified atom stereocenters. The molecule has 0 aliphatic heterocycles. The van der Waals surface area contributed by atoms with E-state index in [0.29, 0.717) is 16.7 Å². The summed E-state index contributed by atoms with van der Waals surface area (Å²) in [5.41, 5.74) is -0.177. The van der Waals surface area contributed by atoms with Crippen molar-refractivity contribution in [2.45, 2.75) is 6.92 Å². The molecular formula is C12H10BrNO4. The highest BCUT2D eigenvalue weighted by Gasteiger charge is 2.12. The van der Waals surface area contributed by atoms with Gasteiger partial charge in [-0.3, -0.25) is 4.79 Å². The molecule has 0 aliphatic rings. The molecule has 0 spiro atoms. The smallest absolute Gasteiger partial charge is 0.360 e. The number of carbonyl (C=O) groups is 1. The van der Waals surface area contributed by atoms with Crippen LogP contribution >= 0.6 is 15.9 Å². The third kappa shape index (κ3) is 2.24. The lowest BCUT2D eigenvalue weighted by Crippen LogP contribution is -2.14. The highest BCUT2D eigenvalue weighted by Crippen LogP contribution is 2.31. The quantitative estimate of drug-likeness (QED) is 0.865. The van der Waals surface area contributed by atoms with Crippen LogP contribution in [0.2, 0.25) is 0 Å². The van der Waals surface area contributed by atoms with E-state index in [9.17, 15) is 9.59 Å². The van der Waals surface area contributed by atoms with Gasteiger partial charge in [0.25, 0.3) is 0 Å². The van der Waals surface area contributed by atoms with Gasteiger partial charge in [0.2, 0.25) is 5.91 Å². The van der Waals surface area contributed by atoms with Crippen LogP contribution in [0.25, 0.3) is 11.0 Å². The highest BCUT2D eigenvalue weighted by atomic mass is 79.9. The topological polar surface area (TPSA) is 68.5 Å². The van der Waals surface area contributed by atoms with Gasteiger partial charge in [-0.25, -0.2) is 4.79 Å². The predicted octanol–water partition coefficient (Wildman–Crippen LogP) is 2.52. The molecule has 1 aromatic carbocycles. The molecule has 1 N–H and O–H groups in total. The monoisotopic (exact) mass is 311 g/mol. The minimum absolute atomic E-state index is 0.101. The maximum Gasteiger partial charge on any atom is 0.360 e. The van der Waals surface area contributed by atoms with Gasteiger partial charge in [-0.1, -0.05) is 15.9 Å². The normalized spacial score (nSPS) is 10.4. The number of hydrogen-bond acceptors (Lipinski definition) is 4. The van der Waals surface area contributed by atoms with Gasteiger partial charge in [-0.2, -0.15) is 0 Å². The minimum atomic E-state index is -0.617. The van der Waals surface area contributed by atoms with Crippen LogP contribution in [0.4, 0.5) is 5.69 Å². The number of amides is 1. The number of anilines is 1. The number of fused-ring (bicyclic) bond motifs is 1. The van der Waals surface area contributed by atoms with Gasteiger partial charge < -0.3 is 14.5 Å². The Morgan fingerprint density at radius 3 is 2.78 bits per heavy atom. The summed E-state index contributed by atoms with van der Waals surface area (Å²) in [7, 11) is 1.49. The van der Waals surface area contributed by atoms with Gasteiger partial charge in [0, 0.05) is 16.8 Å². The Balaban J connectivity index is 2.74. The first-order chi connectivity index (χ1) is 8.52. The van der Waals surface area contributed by atoms with Crippen molar-refractivity contribution in [3.8, 4) is 5.75 Å². The Labute approximate surface area is 111 Å². The molecular weight excluding hydrogens is 302 g/mol. The summed E-state index contributed by atoms with van der Waals surface area (Å²) in [6.07, 6.45) is 0. The van der Waals surface area contributed by atoms with Crippen molar-refractivity contribution in [1.29, 1.82) is 0 Å². The van der Waals surface area contributed by atoms with Crippen LogP contribution < -0.4 is 15.7 Å². The third-order valence-corrected chi connectivity index (χ3v) is 3.03. The van der Waals surface area contributed by atoms with E-state index in [1.807, 2.05) is 0 Å². The lowest BCUT2D eigenvalue weighted by Gasteiger charge is -2.07. The maximum atomic E-state index is 11.7. The molecule has 2 aromatic rings. The first-order valence-corrected chi connectivity index (χ1v) is 5.90. The fourth-order valence-electron chi connectivity index (χ4n) is 1.58. The number of carbonyl (C=O) groups excluding carboxylic acids is 1. The zero-order valence-electron chi connectivity index (χ0n) is 9.74. The molecule has 0 atom stereocenters. The number of hydrogen-bond donors (Lipinski definition) is 1. The number of methoxy groups -OCH3 is 1. The van der Waals surface area contributed by atoms with Gasteiger partial charge in [0.1, 0.15) is 5.69 Å². The average molecular weight is 312 g/mol. The molecule has 1 amide bonds. The van der Waals surface area contributed by atoms with E-state index in [1.54, 1.807) is 18.2 Å². The Morgan fingerprint density at radius 2 is 2.17 bits per heavy atom. The Bertz CT molecular complexity index is 678. The molecule has 18 heavy (non-hydrogen) atoms. The van der Waals surface area contributed by atoms with E-state index in [0.717, 1.165) is 4.47 Å². The van der Waals surface area contributed by atoms with Crippen molar-refractivity contribution in [2.24, 2.45) is 0 Å². The fraction of sp³-hybridized carbons (Fsp3) is 0.167. The summed E-state index contributed by atoms with van der Waals surface area (Å²) in [5.74, 6) is 0.125. The molecule has 0 aliphatic carbocycles.